The number of rotatable bonds is 9. The Morgan fingerprint density at radius 1 is 1.00 bits per heavy atom. The third-order valence-corrected chi connectivity index (χ3v) is 7.26. The topological polar surface area (TPSA) is 56.2 Å². The normalized spacial score (nSPS) is 21.1. The van der Waals surface area contributed by atoms with Crippen LogP contribution in [0.3, 0.4) is 0 Å². The van der Waals surface area contributed by atoms with Crippen molar-refractivity contribution < 1.29 is 28.1 Å². The van der Waals surface area contributed by atoms with Crippen LogP contribution in [0.5, 0.6) is 5.75 Å². The lowest BCUT2D eigenvalue weighted by atomic mass is 9.96. The van der Waals surface area contributed by atoms with E-state index < -0.39 is 23.5 Å². The van der Waals surface area contributed by atoms with Crippen molar-refractivity contribution in [3.63, 3.8) is 0 Å². The Balaban J connectivity index is 1.35. The Bertz CT molecular complexity index is 1020. The maximum Gasteiger partial charge on any atom is 0.134 e. The van der Waals surface area contributed by atoms with E-state index in [0.717, 1.165) is 38.8 Å². The summed E-state index contributed by atoms with van der Waals surface area (Å²) in [4.78, 5) is 3.88. The molecule has 4 rings (SSSR count). The van der Waals surface area contributed by atoms with Gasteiger partial charge in [-0.05, 0) is 82.3 Å². The Labute approximate surface area is 211 Å². The van der Waals surface area contributed by atoms with Crippen LogP contribution >= 0.6 is 0 Å². The van der Waals surface area contributed by atoms with Gasteiger partial charge in [-0.15, -0.1) is 0 Å². The number of nitrogens with zero attached hydrogens (tertiary/aromatic N) is 2. The Kier molecular flexibility index (Phi) is 8.60. The molecule has 0 aliphatic carbocycles. The third-order valence-electron chi connectivity index (χ3n) is 7.26. The number of halogens is 3. The lowest BCUT2D eigenvalue weighted by Crippen LogP contribution is -2.41. The molecule has 2 N–H and O–H groups in total. The van der Waals surface area contributed by atoms with Crippen molar-refractivity contribution in [2.24, 2.45) is 5.92 Å². The van der Waals surface area contributed by atoms with Crippen LogP contribution in [0.15, 0.2) is 36.4 Å². The molecule has 0 bridgehead atoms. The van der Waals surface area contributed by atoms with Gasteiger partial charge in [-0.25, -0.2) is 13.2 Å². The average molecular weight is 507 g/mol. The number of aliphatic hydroxyl groups excluding tert-OH is 2. The van der Waals surface area contributed by atoms with Gasteiger partial charge in [0.25, 0.3) is 0 Å². The highest BCUT2D eigenvalue weighted by Gasteiger charge is 2.30. The maximum absolute atomic E-state index is 15.0. The molecule has 2 aromatic rings. The quantitative estimate of drug-likeness (QED) is 0.506. The highest BCUT2D eigenvalue weighted by Crippen LogP contribution is 2.33. The van der Waals surface area contributed by atoms with E-state index in [2.05, 4.69) is 4.90 Å². The first-order valence-electron chi connectivity index (χ1n) is 12.8. The summed E-state index contributed by atoms with van der Waals surface area (Å²) in [5.41, 5.74) is -0.604. The molecule has 5 nitrogen and oxygen atoms in total. The van der Waals surface area contributed by atoms with Crippen LogP contribution in [0.1, 0.15) is 51.3 Å². The van der Waals surface area contributed by atoms with E-state index in [1.54, 1.807) is 30.9 Å². The van der Waals surface area contributed by atoms with Crippen molar-refractivity contribution in [3.05, 3.63) is 53.6 Å². The SMILES string of the molecule is CC(C)(F)CN1CCC(COc2ccc(-c3ccc(C(O)N4CCC[C@@H]4CO)cc3F)c(F)c2)CC1. The molecule has 2 heterocycles. The Hall–Kier alpha value is -2.13. The van der Waals surface area contributed by atoms with Crippen molar-refractivity contribution in [1.82, 2.24) is 9.80 Å². The number of benzene rings is 2. The van der Waals surface area contributed by atoms with Gasteiger partial charge in [0, 0.05) is 36.3 Å². The van der Waals surface area contributed by atoms with E-state index in [1.165, 1.54) is 24.3 Å². The lowest BCUT2D eigenvalue weighted by Gasteiger charge is -2.34. The standard InChI is InChI=1S/C28H37F3N2O3/c1-28(2,31)18-32-12-9-19(10-13-32)17-36-22-6-8-24(26(30)15-22)23-7-5-20(14-25(23)29)27(35)33-11-3-4-21(33)16-34/h5-8,14-15,19,21,27,34-35H,3-4,9-13,16-18H2,1-2H3/t21-,27?/m1/s1. The fourth-order valence-corrected chi connectivity index (χ4v) is 5.34. The van der Waals surface area contributed by atoms with Gasteiger partial charge < -0.3 is 19.8 Å². The van der Waals surface area contributed by atoms with Gasteiger partial charge in [-0.1, -0.05) is 12.1 Å². The first-order chi connectivity index (χ1) is 17.1. The number of hydrogen-bond acceptors (Lipinski definition) is 5. The van der Waals surface area contributed by atoms with Gasteiger partial charge in [0.15, 0.2) is 0 Å². The van der Waals surface area contributed by atoms with Crippen LogP contribution in [0.4, 0.5) is 13.2 Å². The third kappa shape index (κ3) is 6.59. The van der Waals surface area contributed by atoms with Crippen molar-refractivity contribution >= 4 is 0 Å². The zero-order valence-corrected chi connectivity index (χ0v) is 21.1. The fourth-order valence-electron chi connectivity index (χ4n) is 5.34. The van der Waals surface area contributed by atoms with Crippen LogP contribution in [0.2, 0.25) is 0 Å². The second-order valence-corrected chi connectivity index (χ2v) is 10.7. The number of aliphatic hydroxyl groups is 2. The van der Waals surface area contributed by atoms with E-state index in [4.69, 9.17) is 4.74 Å². The minimum absolute atomic E-state index is 0.0616. The molecule has 2 saturated heterocycles. The maximum atomic E-state index is 15.0. The summed E-state index contributed by atoms with van der Waals surface area (Å²) in [5.74, 6) is -0.495. The van der Waals surface area contributed by atoms with Crippen LogP contribution in [-0.4, -0.2) is 71.1 Å². The largest absolute Gasteiger partial charge is 0.493 e. The Morgan fingerprint density at radius 3 is 2.28 bits per heavy atom. The van der Waals surface area contributed by atoms with Gasteiger partial charge in [-0.3, -0.25) is 4.90 Å². The second kappa shape index (κ2) is 11.5. The van der Waals surface area contributed by atoms with E-state index >= 15 is 0 Å². The summed E-state index contributed by atoms with van der Waals surface area (Å²) in [5, 5.41) is 20.2. The molecule has 0 spiro atoms. The minimum atomic E-state index is -1.21. The molecule has 2 fully saturated rings. The van der Waals surface area contributed by atoms with E-state index in [9.17, 15) is 23.4 Å². The van der Waals surface area contributed by atoms with Gasteiger partial charge in [0.2, 0.25) is 0 Å². The molecule has 0 radical (unpaired) electrons. The smallest absolute Gasteiger partial charge is 0.134 e. The summed E-state index contributed by atoms with van der Waals surface area (Å²) in [7, 11) is 0. The summed E-state index contributed by atoms with van der Waals surface area (Å²) in [6.45, 7) is 6.25. The van der Waals surface area contributed by atoms with Crippen LogP contribution in [0.25, 0.3) is 11.1 Å². The molecule has 0 aromatic heterocycles. The molecular weight excluding hydrogens is 469 g/mol. The molecule has 2 aliphatic heterocycles. The molecule has 0 saturated carbocycles. The molecule has 198 valence electrons. The predicted molar refractivity (Wildman–Crippen MR) is 133 cm³/mol. The summed E-state index contributed by atoms with van der Waals surface area (Å²) < 4.78 is 49.6. The lowest BCUT2D eigenvalue weighted by molar-refractivity contribution is -0.0205. The summed E-state index contributed by atoms with van der Waals surface area (Å²) in [6.07, 6.45) is 2.42. The molecule has 8 heteroatoms. The zero-order valence-electron chi connectivity index (χ0n) is 21.1. The molecule has 1 unspecified atom stereocenters. The molecule has 2 aliphatic rings. The predicted octanol–water partition coefficient (Wildman–Crippen LogP) is 4.92. The van der Waals surface area contributed by atoms with Crippen LogP contribution in [-0.2, 0) is 0 Å². The monoisotopic (exact) mass is 506 g/mol. The van der Waals surface area contributed by atoms with Gasteiger partial charge in [-0.2, -0.15) is 0 Å². The number of hydrogen-bond donors (Lipinski definition) is 2. The molecule has 2 atom stereocenters. The molecule has 2 aromatic carbocycles. The molecule has 36 heavy (non-hydrogen) atoms. The zero-order chi connectivity index (χ0) is 25.9. The van der Waals surface area contributed by atoms with Crippen LogP contribution < -0.4 is 4.74 Å². The van der Waals surface area contributed by atoms with Crippen molar-refractivity contribution in [1.29, 1.82) is 0 Å². The van der Waals surface area contributed by atoms with E-state index in [1.807, 2.05) is 0 Å². The highest BCUT2D eigenvalue weighted by atomic mass is 19.1. The van der Waals surface area contributed by atoms with Crippen molar-refractivity contribution in [2.75, 3.05) is 39.4 Å². The van der Waals surface area contributed by atoms with Gasteiger partial charge in [0.05, 0.1) is 13.2 Å². The van der Waals surface area contributed by atoms with Gasteiger partial charge >= 0.3 is 0 Å². The second-order valence-electron chi connectivity index (χ2n) is 10.7. The number of likely N-dealkylation sites (tertiary alicyclic amines) is 2. The van der Waals surface area contributed by atoms with Crippen molar-refractivity contribution in [3.8, 4) is 16.9 Å². The Morgan fingerprint density at radius 2 is 1.67 bits per heavy atom. The van der Waals surface area contributed by atoms with Crippen LogP contribution in [0, 0.1) is 17.6 Å². The first kappa shape index (κ1) is 26.9. The average Bonchev–Trinajstić information content (AvgIpc) is 3.31. The number of piperidine rings is 1. The highest BCUT2D eigenvalue weighted by molar-refractivity contribution is 5.66. The molecular formula is C28H37F3N2O3. The number of alkyl halides is 1. The summed E-state index contributed by atoms with van der Waals surface area (Å²) >= 11 is 0. The van der Waals surface area contributed by atoms with E-state index in [0.29, 0.717) is 36.9 Å². The fraction of sp³-hybridized carbons (Fsp3) is 0.571. The first-order valence-corrected chi connectivity index (χ1v) is 12.8. The van der Waals surface area contributed by atoms with E-state index in [-0.39, 0.29) is 23.8 Å². The summed E-state index contributed by atoms with van der Waals surface area (Å²) in [6, 6.07) is 8.56. The van der Waals surface area contributed by atoms with Gasteiger partial charge in [0.1, 0.15) is 29.3 Å². The van der Waals surface area contributed by atoms with Crippen molar-refractivity contribution in [2.45, 2.75) is 57.5 Å². The minimum Gasteiger partial charge on any atom is -0.493 e. The number of ether oxygens (including phenoxy) is 1. The molecule has 0 amide bonds.